The maximum Gasteiger partial charge on any atom is 0.404 e. The van der Waals surface area contributed by atoms with Gasteiger partial charge in [-0.15, -0.1) is 0 Å². The molecular weight excluding hydrogens is 484 g/mol. The van der Waals surface area contributed by atoms with Crippen LogP contribution < -0.4 is 16.0 Å². The molecule has 3 rings (SSSR count). The van der Waals surface area contributed by atoms with Crippen molar-refractivity contribution >= 4 is 23.7 Å². The van der Waals surface area contributed by atoms with Gasteiger partial charge in [-0.3, -0.25) is 0 Å². The van der Waals surface area contributed by atoms with Crippen LogP contribution in [0.25, 0.3) is 0 Å². The fraction of sp³-hybridized carbons (Fsp3) is 0.692. The van der Waals surface area contributed by atoms with Crippen LogP contribution in [0, 0.1) is 11.8 Å². The first-order valence-corrected chi connectivity index (χ1v) is 13.5. The number of rotatable bonds is 11. The number of urea groups is 1. The van der Waals surface area contributed by atoms with Crippen LogP contribution in [0.1, 0.15) is 56.6 Å². The molecule has 9 nitrogen and oxygen atoms in total. The Bertz CT molecular complexity index is 844. The Morgan fingerprint density at radius 1 is 1.22 bits per heavy atom. The zero-order valence-corrected chi connectivity index (χ0v) is 21.9. The van der Waals surface area contributed by atoms with E-state index in [0.717, 1.165) is 50.5 Å². The third-order valence-corrected chi connectivity index (χ3v) is 7.50. The molecule has 5 unspecified atom stereocenters. The summed E-state index contributed by atoms with van der Waals surface area (Å²) in [5.74, 6) is 0.266. The predicted octanol–water partition coefficient (Wildman–Crippen LogP) is 3.62. The first kappa shape index (κ1) is 28.5. The fourth-order valence-corrected chi connectivity index (χ4v) is 5.71. The molecule has 0 aromatic heterocycles. The van der Waals surface area contributed by atoms with Gasteiger partial charge in [-0.1, -0.05) is 36.6 Å². The van der Waals surface area contributed by atoms with Gasteiger partial charge in [0.25, 0.3) is 0 Å². The van der Waals surface area contributed by atoms with Crippen LogP contribution in [-0.2, 0) is 4.74 Å². The summed E-state index contributed by atoms with van der Waals surface area (Å²) in [7, 11) is 1.87. The number of nitrogens with one attached hydrogen (secondary N) is 3. The number of hydrogen-bond acceptors (Lipinski definition) is 5. The minimum atomic E-state index is -1.09. The lowest BCUT2D eigenvalue weighted by Gasteiger charge is -2.38. The molecule has 1 heterocycles. The second-order valence-corrected chi connectivity index (χ2v) is 10.4. The molecule has 1 saturated carbocycles. The summed E-state index contributed by atoms with van der Waals surface area (Å²) in [5.41, 5.74) is 0.921. The highest BCUT2D eigenvalue weighted by atomic mass is 35.5. The molecule has 1 aromatic rings. The van der Waals surface area contributed by atoms with Crippen molar-refractivity contribution < 1.29 is 24.5 Å². The SMILES string of the molecule is CNCC(CC1CCCCC1O)NC(=O)N1CCCC(C(OCCNC(=O)O)c2cccc(Cl)c2)C1. The van der Waals surface area contributed by atoms with Crippen molar-refractivity contribution in [3.63, 3.8) is 0 Å². The molecule has 0 radical (unpaired) electrons. The van der Waals surface area contributed by atoms with Crippen molar-refractivity contribution in [3.8, 4) is 0 Å². The summed E-state index contributed by atoms with van der Waals surface area (Å²) in [6.07, 6.45) is 4.85. The maximum absolute atomic E-state index is 13.3. The second kappa shape index (κ2) is 14.6. The van der Waals surface area contributed by atoms with Crippen LogP contribution in [0.5, 0.6) is 0 Å². The molecule has 36 heavy (non-hydrogen) atoms. The van der Waals surface area contributed by atoms with Gasteiger partial charge in [0.05, 0.1) is 18.8 Å². The number of likely N-dealkylation sites (tertiary alicyclic amines) is 1. The number of benzene rings is 1. The summed E-state index contributed by atoms with van der Waals surface area (Å²) < 4.78 is 6.15. The third kappa shape index (κ3) is 8.80. The zero-order valence-electron chi connectivity index (χ0n) is 21.1. The van der Waals surface area contributed by atoms with Crippen molar-refractivity contribution in [1.82, 2.24) is 20.9 Å². The molecule has 1 aromatic carbocycles. The molecule has 0 spiro atoms. The lowest BCUT2D eigenvalue weighted by molar-refractivity contribution is -0.00861. The molecule has 1 aliphatic heterocycles. The van der Waals surface area contributed by atoms with Crippen molar-refractivity contribution in [2.24, 2.45) is 11.8 Å². The molecule has 10 heteroatoms. The smallest absolute Gasteiger partial charge is 0.404 e. The van der Waals surface area contributed by atoms with E-state index in [-0.39, 0.29) is 49.3 Å². The number of aliphatic hydroxyl groups is 1. The van der Waals surface area contributed by atoms with E-state index < -0.39 is 6.09 Å². The first-order chi connectivity index (χ1) is 17.4. The first-order valence-electron chi connectivity index (χ1n) is 13.1. The monoisotopic (exact) mass is 524 g/mol. The molecule has 5 N–H and O–H groups in total. The quantitative estimate of drug-likeness (QED) is 0.282. The van der Waals surface area contributed by atoms with E-state index in [1.165, 1.54) is 0 Å². The molecule has 3 amide bonds. The third-order valence-electron chi connectivity index (χ3n) is 7.26. The molecule has 1 aliphatic carbocycles. The Hall–Kier alpha value is -2.07. The summed E-state index contributed by atoms with van der Waals surface area (Å²) in [5, 5.41) is 28.6. The van der Waals surface area contributed by atoms with E-state index >= 15 is 0 Å². The Labute approximate surface area is 218 Å². The average Bonchev–Trinajstić information content (AvgIpc) is 2.85. The molecule has 2 fully saturated rings. The largest absolute Gasteiger partial charge is 0.465 e. The van der Waals surface area contributed by atoms with Crippen LogP contribution in [0.2, 0.25) is 5.02 Å². The van der Waals surface area contributed by atoms with Gasteiger partial charge in [-0.05, 0) is 62.8 Å². The number of carbonyl (C=O) groups is 2. The van der Waals surface area contributed by atoms with Crippen molar-refractivity contribution in [2.75, 3.05) is 39.8 Å². The number of carbonyl (C=O) groups excluding carboxylic acids is 1. The number of piperidine rings is 1. The zero-order chi connectivity index (χ0) is 25.9. The lowest BCUT2D eigenvalue weighted by Crippen LogP contribution is -2.52. The van der Waals surface area contributed by atoms with Crippen molar-refractivity contribution in [3.05, 3.63) is 34.9 Å². The highest BCUT2D eigenvalue weighted by molar-refractivity contribution is 6.30. The average molecular weight is 525 g/mol. The maximum atomic E-state index is 13.3. The van der Waals surface area contributed by atoms with E-state index in [4.69, 9.17) is 21.4 Å². The predicted molar refractivity (Wildman–Crippen MR) is 139 cm³/mol. The highest BCUT2D eigenvalue weighted by Crippen LogP contribution is 2.34. The number of nitrogens with zero attached hydrogens (tertiary/aromatic N) is 1. The Balaban J connectivity index is 1.63. The van der Waals surface area contributed by atoms with Gasteiger partial charge in [-0.25, -0.2) is 9.59 Å². The second-order valence-electron chi connectivity index (χ2n) is 9.98. The van der Waals surface area contributed by atoms with E-state index in [1.807, 2.05) is 30.1 Å². The fourth-order valence-electron chi connectivity index (χ4n) is 5.51. The van der Waals surface area contributed by atoms with Gasteiger partial charge in [0, 0.05) is 43.2 Å². The Kier molecular flexibility index (Phi) is 11.6. The molecule has 5 atom stereocenters. The Morgan fingerprint density at radius 2 is 2.03 bits per heavy atom. The number of aliphatic hydroxyl groups excluding tert-OH is 1. The molecule has 2 aliphatic rings. The minimum absolute atomic E-state index is 0.0516. The molecule has 1 saturated heterocycles. The summed E-state index contributed by atoms with van der Waals surface area (Å²) >= 11 is 6.24. The normalized spacial score (nSPS) is 24.1. The number of amides is 3. The Morgan fingerprint density at radius 3 is 2.75 bits per heavy atom. The van der Waals surface area contributed by atoms with Gasteiger partial charge in [0.2, 0.25) is 0 Å². The van der Waals surface area contributed by atoms with Crippen molar-refractivity contribution in [1.29, 1.82) is 0 Å². The standard InChI is InChI=1S/C26H41ClN4O5/c1-28-16-22(15-18-6-2-3-10-23(18)32)30-25(33)31-12-5-8-20(17-31)24(36-13-11-29-26(34)35)19-7-4-9-21(27)14-19/h4,7,9,14,18,20,22-24,28-29,32H,2-3,5-6,8,10-13,15-17H2,1H3,(H,30,33)(H,34,35). The highest BCUT2D eigenvalue weighted by Gasteiger charge is 2.33. The van der Waals surface area contributed by atoms with Crippen LogP contribution in [0.15, 0.2) is 24.3 Å². The van der Waals surface area contributed by atoms with E-state index in [0.29, 0.717) is 24.7 Å². The number of likely N-dealkylation sites (N-methyl/N-ethyl adjacent to an activating group) is 1. The van der Waals surface area contributed by atoms with Crippen LogP contribution in [0.3, 0.4) is 0 Å². The summed E-state index contributed by atoms with van der Waals surface area (Å²) in [4.78, 5) is 25.9. The van der Waals surface area contributed by atoms with Crippen LogP contribution >= 0.6 is 11.6 Å². The van der Waals surface area contributed by atoms with E-state index in [9.17, 15) is 14.7 Å². The number of halogens is 1. The van der Waals surface area contributed by atoms with E-state index in [2.05, 4.69) is 16.0 Å². The number of hydrogen-bond donors (Lipinski definition) is 5. The van der Waals surface area contributed by atoms with Crippen LogP contribution in [0.4, 0.5) is 9.59 Å². The van der Waals surface area contributed by atoms with Crippen molar-refractivity contribution in [2.45, 2.75) is 63.2 Å². The van der Waals surface area contributed by atoms with Gasteiger partial charge >= 0.3 is 12.1 Å². The van der Waals surface area contributed by atoms with Gasteiger partial charge in [0.15, 0.2) is 0 Å². The minimum Gasteiger partial charge on any atom is -0.465 e. The van der Waals surface area contributed by atoms with Gasteiger partial charge < -0.3 is 35.8 Å². The summed E-state index contributed by atoms with van der Waals surface area (Å²) in [6.45, 7) is 2.26. The van der Waals surface area contributed by atoms with E-state index in [1.54, 1.807) is 6.07 Å². The number of carboxylic acid groups (broad SMARTS) is 1. The molecule has 202 valence electrons. The lowest BCUT2D eigenvalue weighted by atomic mass is 9.82. The summed E-state index contributed by atoms with van der Waals surface area (Å²) in [6, 6.07) is 7.36. The van der Waals surface area contributed by atoms with Gasteiger partial charge in [0.1, 0.15) is 0 Å². The van der Waals surface area contributed by atoms with Gasteiger partial charge in [-0.2, -0.15) is 0 Å². The molecule has 0 bridgehead atoms. The topological polar surface area (TPSA) is 123 Å². The van der Waals surface area contributed by atoms with Crippen LogP contribution in [-0.4, -0.2) is 79.2 Å². The molecular formula is C26H41ClN4O5. The number of ether oxygens (including phenoxy) is 1.